The van der Waals surface area contributed by atoms with E-state index in [-0.39, 0.29) is 5.91 Å². The highest BCUT2D eigenvalue weighted by Gasteiger charge is 2.29. The van der Waals surface area contributed by atoms with E-state index in [4.69, 9.17) is 5.73 Å². The predicted molar refractivity (Wildman–Crippen MR) is 77.8 cm³/mol. The molecule has 1 fully saturated rings. The number of benzene rings is 1. The maximum Gasteiger partial charge on any atom is 0.254 e. The Morgan fingerprint density at radius 2 is 2.00 bits per heavy atom. The van der Waals surface area contributed by atoms with Crippen LogP contribution in [0.4, 0.5) is 0 Å². The third kappa shape index (κ3) is 3.16. The molecule has 2 rings (SSSR count). The Labute approximate surface area is 115 Å². The lowest BCUT2D eigenvalue weighted by Crippen LogP contribution is -2.46. The van der Waals surface area contributed by atoms with Gasteiger partial charge >= 0.3 is 0 Å². The number of nitrogens with zero attached hydrogens (tertiary/aromatic N) is 1. The first-order chi connectivity index (χ1) is 9.13. The second kappa shape index (κ2) is 6.20. The highest BCUT2D eigenvalue weighted by atomic mass is 16.2. The quantitative estimate of drug-likeness (QED) is 0.908. The van der Waals surface area contributed by atoms with Crippen molar-refractivity contribution in [1.29, 1.82) is 0 Å². The number of carbonyl (C=O) groups is 1. The molecule has 3 heteroatoms. The lowest BCUT2D eigenvalue weighted by molar-refractivity contribution is 0.0543. The molecule has 1 unspecified atom stereocenters. The summed E-state index contributed by atoms with van der Waals surface area (Å²) in [5, 5.41) is 0. The summed E-state index contributed by atoms with van der Waals surface area (Å²) >= 11 is 0. The molecule has 1 amide bonds. The Hall–Kier alpha value is -1.35. The van der Waals surface area contributed by atoms with Crippen molar-refractivity contribution in [3.63, 3.8) is 0 Å². The van der Waals surface area contributed by atoms with Gasteiger partial charge in [-0.2, -0.15) is 0 Å². The summed E-state index contributed by atoms with van der Waals surface area (Å²) in [5.41, 5.74) is 7.43. The van der Waals surface area contributed by atoms with Gasteiger partial charge in [0.15, 0.2) is 0 Å². The van der Waals surface area contributed by atoms with Crippen LogP contribution in [0.25, 0.3) is 0 Å². The van der Waals surface area contributed by atoms with Crippen LogP contribution in [0, 0.1) is 5.92 Å². The van der Waals surface area contributed by atoms with Crippen LogP contribution in [-0.4, -0.2) is 23.4 Å². The molecule has 0 saturated carbocycles. The summed E-state index contributed by atoms with van der Waals surface area (Å²) < 4.78 is 0. The van der Waals surface area contributed by atoms with Crippen molar-refractivity contribution in [2.45, 2.75) is 45.7 Å². The highest BCUT2D eigenvalue weighted by Crippen LogP contribution is 2.25. The minimum atomic E-state index is 0.168. The largest absolute Gasteiger partial charge is 0.335 e. The van der Waals surface area contributed by atoms with Gasteiger partial charge in [-0.15, -0.1) is 0 Å². The molecule has 1 aliphatic rings. The average molecular weight is 260 g/mol. The van der Waals surface area contributed by atoms with E-state index in [1.165, 1.54) is 6.42 Å². The van der Waals surface area contributed by atoms with Gasteiger partial charge in [-0.3, -0.25) is 4.79 Å². The van der Waals surface area contributed by atoms with E-state index in [1.54, 1.807) is 0 Å². The van der Waals surface area contributed by atoms with Crippen LogP contribution in [0.3, 0.4) is 0 Å². The number of piperidine rings is 1. The molecule has 1 heterocycles. The van der Waals surface area contributed by atoms with Crippen molar-refractivity contribution in [2.75, 3.05) is 6.54 Å². The Bertz CT molecular complexity index is 425. The maximum absolute atomic E-state index is 12.6. The van der Waals surface area contributed by atoms with Crippen molar-refractivity contribution >= 4 is 5.91 Å². The standard InChI is InChI=1S/C16H24N2O/c1-12(2)15-5-3-4-10-18(15)16(19)14-8-6-13(11-17)7-9-14/h6-9,12,15H,3-5,10-11,17H2,1-2H3. The van der Waals surface area contributed by atoms with E-state index >= 15 is 0 Å². The summed E-state index contributed by atoms with van der Waals surface area (Å²) in [4.78, 5) is 14.7. The Kier molecular flexibility index (Phi) is 4.59. The SMILES string of the molecule is CC(C)C1CCCCN1C(=O)c1ccc(CN)cc1. The van der Waals surface area contributed by atoms with E-state index in [0.717, 1.165) is 30.5 Å². The minimum absolute atomic E-state index is 0.168. The topological polar surface area (TPSA) is 46.3 Å². The molecule has 1 aromatic carbocycles. The molecule has 1 saturated heterocycles. The zero-order valence-electron chi connectivity index (χ0n) is 11.9. The van der Waals surface area contributed by atoms with Gasteiger partial charge in [0.25, 0.3) is 5.91 Å². The second-order valence-electron chi connectivity index (χ2n) is 5.71. The average Bonchev–Trinajstić information content (AvgIpc) is 2.46. The molecule has 0 aromatic heterocycles. The number of nitrogens with two attached hydrogens (primary N) is 1. The van der Waals surface area contributed by atoms with Crippen molar-refractivity contribution in [1.82, 2.24) is 4.90 Å². The molecule has 0 spiro atoms. The molecule has 104 valence electrons. The van der Waals surface area contributed by atoms with Crippen LogP contribution in [-0.2, 0) is 6.54 Å². The highest BCUT2D eigenvalue weighted by molar-refractivity contribution is 5.94. The fourth-order valence-electron chi connectivity index (χ4n) is 2.85. The van der Waals surface area contributed by atoms with Gasteiger partial charge in [0.1, 0.15) is 0 Å². The predicted octanol–water partition coefficient (Wildman–Crippen LogP) is 2.80. The van der Waals surface area contributed by atoms with Crippen LogP contribution < -0.4 is 5.73 Å². The minimum Gasteiger partial charge on any atom is -0.335 e. The summed E-state index contributed by atoms with van der Waals surface area (Å²) in [6.45, 7) is 5.81. The molecule has 0 radical (unpaired) electrons. The molecular weight excluding hydrogens is 236 g/mol. The van der Waals surface area contributed by atoms with E-state index in [1.807, 2.05) is 24.3 Å². The zero-order chi connectivity index (χ0) is 13.8. The molecule has 1 aromatic rings. The fourth-order valence-corrected chi connectivity index (χ4v) is 2.85. The lowest BCUT2D eigenvalue weighted by atomic mass is 9.92. The molecule has 0 aliphatic carbocycles. The van der Waals surface area contributed by atoms with Crippen molar-refractivity contribution < 1.29 is 4.79 Å². The normalized spacial score (nSPS) is 19.8. The summed E-state index contributed by atoms with van der Waals surface area (Å²) in [6, 6.07) is 8.08. The van der Waals surface area contributed by atoms with Gasteiger partial charge in [0.05, 0.1) is 0 Å². The molecule has 19 heavy (non-hydrogen) atoms. The molecule has 1 atom stereocenters. The van der Waals surface area contributed by atoms with Gasteiger partial charge < -0.3 is 10.6 Å². The molecule has 1 aliphatic heterocycles. The van der Waals surface area contributed by atoms with Crippen molar-refractivity contribution in [3.05, 3.63) is 35.4 Å². The van der Waals surface area contributed by atoms with Crippen LogP contribution in [0.1, 0.15) is 49.0 Å². The van der Waals surface area contributed by atoms with E-state index in [2.05, 4.69) is 18.7 Å². The molecule has 0 bridgehead atoms. The Morgan fingerprint density at radius 1 is 1.32 bits per heavy atom. The van der Waals surface area contributed by atoms with Crippen LogP contribution in [0.15, 0.2) is 24.3 Å². The molecular formula is C16H24N2O. The first kappa shape index (κ1) is 14.1. The monoisotopic (exact) mass is 260 g/mol. The summed E-state index contributed by atoms with van der Waals surface area (Å²) in [6.07, 6.45) is 3.48. The maximum atomic E-state index is 12.6. The number of hydrogen-bond acceptors (Lipinski definition) is 2. The number of hydrogen-bond donors (Lipinski definition) is 1. The molecule has 2 N–H and O–H groups in total. The first-order valence-electron chi connectivity index (χ1n) is 7.23. The summed E-state index contributed by atoms with van der Waals surface area (Å²) in [7, 11) is 0. The fraction of sp³-hybridized carbons (Fsp3) is 0.562. The van der Waals surface area contributed by atoms with Gasteiger partial charge in [0.2, 0.25) is 0 Å². The number of likely N-dealkylation sites (tertiary alicyclic amines) is 1. The Balaban J connectivity index is 2.16. The number of amides is 1. The van der Waals surface area contributed by atoms with E-state index < -0.39 is 0 Å². The zero-order valence-corrected chi connectivity index (χ0v) is 11.9. The van der Waals surface area contributed by atoms with Crippen molar-refractivity contribution in [2.24, 2.45) is 11.7 Å². The van der Waals surface area contributed by atoms with Gasteiger partial charge in [0, 0.05) is 24.7 Å². The smallest absolute Gasteiger partial charge is 0.254 e. The van der Waals surface area contributed by atoms with Gasteiger partial charge in [-0.25, -0.2) is 0 Å². The number of carbonyl (C=O) groups excluding carboxylic acids is 1. The molecule has 3 nitrogen and oxygen atoms in total. The van der Waals surface area contributed by atoms with Gasteiger partial charge in [-0.1, -0.05) is 26.0 Å². The number of rotatable bonds is 3. The lowest BCUT2D eigenvalue weighted by Gasteiger charge is -2.38. The Morgan fingerprint density at radius 3 is 2.58 bits per heavy atom. The van der Waals surface area contributed by atoms with Crippen LogP contribution >= 0.6 is 0 Å². The summed E-state index contributed by atoms with van der Waals surface area (Å²) in [5.74, 6) is 0.689. The van der Waals surface area contributed by atoms with E-state index in [9.17, 15) is 4.79 Å². The van der Waals surface area contributed by atoms with E-state index in [0.29, 0.717) is 18.5 Å². The third-order valence-electron chi connectivity index (χ3n) is 4.02. The van der Waals surface area contributed by atoms with Crippen LogP contribution in [0.5, 0.6) is 0 Å². The second-order valence-corrected chi connectivity index (χ2v) is 5.71. The van der Waals surface area contributed by atoms with Crippen LogP contribution in [0.2, 0.25) is 0 Å². The third-order valence-corrected chi connectivity index (χ3v) is 4.02. The first-order valence-corrected chi connectivity index (χ1v) is 7.23. The van der Waals surface area contributed by atoms with Crippen molar-refractivity contribution in [3.8, 4) is 0 Å². The van der Waals surface area contributed by atoms with Gasteiger partial charge in [-0.05, 0) is 42.9 Å².